The van der Waals surface area contributed by atoms with E-state index in [1.165, 1.54) is 24.3 Å². The average molecular weight is 308 g/mol. The second kappa shape index (κ2) is 5.93. The third-order valence-corrected chi connectivity index (χ3v) is 4.33. The van der Waals surface area contributed by atoms with Crippen molar-refractivity contribution in [3.05, 3.63) is 65.0 Å². The number of hydrogen-bond acceptors (Lipinski definition) is 4. The minimum absolute atomic E-state index is 0.234. The molecule has 0 heterocycles. The Balaban J connectivity index is 2.42. The van der Waals surface area contributed by atoms with Crippen molar-refractivity contribution >= 4 is 9.84 Å². The van der Waals surface area contributed by atoms with Crippen molar-refractivity contribution in [2.45, 2.75) is 17.9 Å². The molecule has 0 radical (unpaired) electrons. The average Bonchev–Trinajstić information content (AvgIpc) is 2.38. The summed E-state index contributed by atoms with van der Waals surface area (Å²) in [5, 5.41) is 0. The summed E-state index contributed by atoms with van der Waals surface area (Å²) >= 11 is 0. The quantitative estimate of drug-likeness (QED) is 0.670. The molecule has 0 aliphatic heterocycles. The molecule has 0 bridgehead atoms. The van der Waals surface area contributed by atoms with Crippen LogP contribution in [0.1, 0.15) is 22.7 Å². The van der Waals surface area contributed by atoms with E-state index in [4.69, 9.17) is 5.84 Å². The van der Waals surface area contributed by atoms with Crippen LogP contribution in [0.4, 0.5) is 4.39 Å². The van der Waals surface area contributed by atoms with Crippen LogP contribution in [0.25, 0.3) is 0 Å². The lowest BCUT2D eigenvalue weighted by molar-refractivity contribution is 0.600. The van der Waals surface area contributed by atoms with Gasteiger partial charge in [0.2, 0.25) is 0 Å². The van der Waals surface area contributed by atoms with Crippen LogP contribution >= 0.6 is 0 Å². The zero-order chi connectivity index (χ0) is 15.6. The van der Waals surface area contributed by atoms with Crippen LogP contribution in [0.15, 0.2) is 47.4 Å². The van der Waals surface area contributed by atoms with Crippen molar-refractivity contribution in [3.63, 3.8) is 0 Å². The van der Waals surface area contributed by atoms with E-state index in [0.29, 0.717) is 5.56 Å². The lowest BCUT2D eigenvalue weighted by atomic mass is 9.98. The summed E-state index contributed by atoms with van der Waals surface area (Å²) in [6.45, 7) is 1.80. The molecule has 0 amide bonds. The van der Waals surface area contributed by atoms with Gasteiger partial charge >= 0.3 is 0 Å². The van der Waals surface area contributed by atoms with Crippen LogP contribution in [0.2, 0.25) is 0 Å². The van der Waals surface area contributed by atoms with Gasteiger partial charge in [-0.05, 0) is 47.9 Å². The number of hydrazine groups is 1. The number of sulfone groups is 1. The fraction of sp³-hybridized carbons (Fsp3) is 0.200. The van der Waals surface area contributed by atoms with E-state index in [1.54, 1.807) is 19.1 Å². The standard InChI is InChI=1S/C15H17FN2O2S/c1-10-7-12(9-13(16)8-10)15(18-17)11-3-5-14(6-4-11)21(2,19)20/h3-9,15,18H,17H2,1-2H3. The van der Waals surface area contributed by atoms with Gasteiger partial charge in [0.05, 0.1) is 10.9 Å². The fourth-order valence-corrected chi connectivity index (χ4v) is 2.85. The number of aryl methyl sites for hydroxylation is 1. The van der Waals surface area contributed by atoms with Crippen molar-refractivity contribution < 1.29 is 12.8 Å². The first-order chi connectivity index (χ1) is 9.81. The minimum atomic E-state index is -3.24. The summed E-state index contributed by atoms with van der Waals surface area (Å²) in [6.07, 6.45) is 1.15. The first-order valence-electron chi connectivity index (χ1n) is 6.34. The fourth-order valence-electron chi connectivity index (χ4n) is 2.22. The van der Waals surface area contributed by atoms with Gasteiger partial charge in [-0.15, -0.1) is 0 Å². The number of nitrogens with two attached hydrogens (primary N) is 1. The molecule has 0 saturated carbocycles. The van der Waals surface area contributed by atoms with Crippen LogP contribution in [0, 0.1) is 12.7 Å². The van der Waals surface area contributed by atoms with Gasteiger partial charge < -0.3 is 0 Å². The molecule has 0 spiro atoms. The normalized spacial score (nSPS) is 13.1. The molecular weight excluding hydrogens is 291 g/mol. The van der Waals surface area contributed by atoms with E-state index in [2.05, 4.69) is 5.43 Å². The lowest BCUT2D eigenvalue weighted by Gasteiger charge is -2.18. The molecule has 3 N–H and O–H groups in total. The Morgan fingerprint density at radius 1 is 1.10 bits per heavy atom. The van der Waals surface area contributed by atoms with Gasteiger partial charge in [-0.25, -0.2) is 18.2 Å². The molecule has 0 fully saturated rings. The molecule has 0 saturated heterocycles. The van der Waals surface area contributed by atoms with Gasteiger partial charge in [0.15, 0.2) is 9.84 Å². The van der Waals surface area contributed by atoms with E-state index in [1.807, 2.05) is 6.07 Å². The Morgan fingerprint density at radius 2 is 1.71 bits per heavy atom. The maximum atomic E-state index is 13.5. The summed E-state index contributed by atoms with van der Waals surface area (Å²) in [7, 11) is -3.24. The van der Waals surface area contributed by atoms with Gasteiger partial charge in [0.1, 0.15) is 5.82 Å². The highest BCUT2D eigenvalue weighted by molar-refractivity contribution is 7.90. The Hall–Kier alpha value is -1.76. The number of rotatable bonds is 4. The topological polar surface area (TPSA) is 72.2 Å². The Labute approximate surface area is 123 Å². The van der Waals surface area contributed by atoms with E-state index in [0.717, 1.165) is 17.4 Å². The first-order valence-corrected chi connectivity index (χ1v) is 8.23. The molecule has 21 heavy (non-hydrogen) atoms. The maximum absolute atomic E-state index is 13.5. The molecule has 2 aromatic carbocycles. The van der Waals surface area contributed by atoms with Crippen molar-refractivity contribution in [1.82, 2.24) is 5.43 Å². The van der Waals surface area contributed by atoms with Crippen LogP contribution in [0.3, 0.4) is 0 Å². The monoisotopic (exact) mass is 308 g/mol. The molecule has 0 aliphatic rings. The molecular formula is C15H17FN2O2S. The van der Waals surface area contributed by atoms with Gasteiger partial charge in [0.25, 0.3) is 0 Å². The van der Waals surface area contributed by atoms with E-state index in [9.17, 15) is 12.8 Å². The first kappa shape index (κ1) is 15.6. The third-order valence-electron chi connectivity index (χ3n) is 3.21. The van der Waals surface area contributed by atoms with Gasteiger partial charge in [-0.2, -0.15) is 0 Å². The zero-order valence-electron chi connectivity index (χ0n) is 11.8. The van der Waals surface area contributed by atoms with Crippen LogP contribution in [0.5, 0.6) is 0 Å². The van der Waals surface area contributed by atoms with E-state index >= 15 is 0 Å². The number of halogens is 1. The molecule has 2 aromatic rings. The highest BCUT2D eigenvalue weighted by atomic mass is 32.2. The van der Waals surface area contributed by atoms with Crippen molar-refractivity contribution in [3.8, 4) is 0 Å². The van der Waals surface area contributed by atoms with Crippen molar-refractivity contribution in [1.29, 1.82) is 0 Å². The maximum Gasteiger partial charge on any atom is 0.175 e. The summed E-state index contributed by atoms with van der Waals surface area (Å²) in [5.74, 6) is 5.23. The number of nitrogens with one attached hydrogen (secondary N) is 1. The second-order valence-corrected chi connectivity index (χ2v) is 7.02. The molecule has 6 heteroatoms. The Bertz CT molecular complexity index is 723. The van der Waals surface area contributed by atoms with Gasteiger partial charge in [0, 0.05) is 6.26 Å². The smallest absolute Gasteiger partial charge is 0.175 e. The summed E-state index contributed by atoms with van der Waals surface area (Å²) in [5.41, 5.74) is 4.86. The summed E-state index contributed by atoms with van der Waals surface area (Å²) < 4.78 is 36.4. The zero-order valence-corrected chi connectivity index (χ0v) is 12.6. The van der Waals surface area contributed by atoms with Gasteiger partial charge in [-0.3, -0.25) is 5.84 Å². The highest BCUT2D eigenvalue weighted by Gasteiger charge is 2.15. The number of hydrogen-bond donors (Lipinski definition) is 2. The van der Waals surface area contributed by atoms with Crippen LogP contribution < -0.4 is 11.3 Å². The van der Waals surface area contributed by atoms with Gasteiger partial charge in [-0.1, -0.05) is 18.2 Å². The SMILES string of the molecule is Cc1cc(F)cc(C(NN)c2ccc(S(C)(=O)=O)cc2)c1. The summed E-state index contributed by atoms with van der Waals surface area (Å²) in [6, 6.07) is 10.6. The Morgan fingerprint density at radius 3 is 2.19 bits per heavy atom. The molecule has 1 unspecified atom stereocenters. The second-order valence-electron chi connectivity index (χ2n) is 5.00. The predicted molar refractivity (Wildman–Crippen MR) is 79.9 cm³/mol. The highest BCUT2D eigenvalue weighted by Crippen LogP contribution is 2.24. The minimum Gasteiger partial charge on any atom is -0.271 e. The Kier molecular flexibility index (Phi) is 4.41. The predicted octanol–water partition coefficient (Wildman–Crippen LogP) is 2.09. The lowest BCUT2D eigenvalue weighted by Crippen LogP contribution is -2.29. The van der Waals surface area contributed by atoms with Crippen molar-refractivity contribution in [2.24, 2.45) is 5.84 Å². The van der Waals surface area contributed by atoms with Crippen LogP contribution in [-0.2, 0) is 9.84 Å². The molecule has 0 aliphatic carbocycles. The molecule has 4 nitrogen and oxygen atoms in total. The van der Waals surface area contributed by atoms with E-state index in [-0.39, 0.29) is 10.7 Å². The summed E-state index contributed by atoms with van der Waals surface area (Å²) in [4.78, 5) is 0.234. The molecule has 1 atom stereocenters. The third kappa shape index (κ3) is 3.66. The molecule has 112 valence electrons. The molecule has 2 rings (SSSR count). The largest absolute Gasteiger partial charge is 0.271 e. The van der Waals surface area contributed by atoms with Crippen LogP contribution in [-0.4, -0.2) is 14.7 Å². The number of benzene rings is 2. The van der Waals surface area contributed by atoms with E-state index < -0.39 is 15.9 Å². The van der Waals surface area contributed by atoms with Crippen molar-refractivity contribution in [2.75, 3.05) is 6.26 Å². The molecule has 0 aromatic heterocycles.